The van der Waals surface area contributed by atoms with Crippen molar-refractivity contribution in [2.24, 2.45) is 10.9 Å². The van der Waals surface area contributed by atoms with Gasteiger partial charge in [-0.1, -0.05) is 52.0 Å². The van der Waals surface area contributed by atoms with Gasteiger partial charge in [0.1, 0.15) is 0 Å². The molecule has 0 fully saturated rings. The monoisotopic (exact) mass is 205 g/mol. The van der Waals surface area contributed by atoms with Crippen molar-refractivity contribution in [3.8, 4) is 0 Å². The fraction of sp³-hybridized carbons (Fsp3) is 0.500. The first-order chi connectivity index (χ1) is 7.29. The molecule has 84 valence electrons. The van der Waals surface area contributed by atoms with E-state index in [2.05, 4.69) is 32.0 Å². The van der Waals surface area contributed by atoms with Gasteiger partial charge in [-0.25, -0.2) is 0 Å². The zero-order chi connectivity index (χ0) is 11.5. The van der Waals surface area contributed by atoms with E-state index in [1.807, 2.05) is 12.3 Å². The Hall–Kier alpha value is -1.11. The van der Waals surface area contributed by atoms with Gasteiger partial charge in [0.05, 0.1) is 0 Å². The summed E-state index contributed by atoms with van der Waals surface area (Å²) < 4.78 is 0. The maximum Gasteiger partial charge on any atom is 0.0302 e. The number of nitrogens with zero attached hydrogens (tertiary/aromatic N) is 1. The molecule has 0 aromatic rings. The van der Waals surface area contributed by atoms with Crippen LogP contribution in [0.1, 0.15) is 39.5 Å². The van der Waals surface area contributed by atoms with Crippen LogP contribution in [0.25, 0.3) is 0 Å². The lowest BCUT2D eigenvalue weighted by Gasteiger charge is -2.15. The molecule has 0 aromatic carbocycles. The molecule has 1 nitrogen and oxygen atoms in total. The Morgan fingerprint density at radius 1 is 1.20 bits per heavy atom. The van der Waals surface area contributed by atoms with Crippen molar-refractivity contribution in [3.63, 3.8) is 0 Å². The van der Waals surface area contributed by atoms with Gasteiger partial charge in [-0.05, 0) is 24.3 Å². The fourth-order valence-corrected chi connectivity index (χ4v) is 1.69. The van der Waals surface area contributed by atoms with Gasteiger partial charge in [0.15, 0.2) is 0 Å². The smallest absolute Gasteiger partial charge is 0.0302 e. The highest BCUT2D eigenvalue weighted by atomic mass is 14.7. The summed E-state index contributed by atoms with van der Waals surface area (Å²) in [7, 11) is 0. The maximum atomic E-state index is 4.17. The van der Waals surface area contributed by atoms with Gasteiger partial charge in [-0.3, -0.25) is 4.99 Å². The summed E-state index contributed by atoms with van der Waals surface area (Å²) in [4.78, 5) is 4.17. The highest BCUT2D eigenvalue weighted by molar-refractivity contribution is 5.70. The van der Waals surface area contributed by atoms with Gasteiger partial charge in [-0.2, -0.15) is 0 Å². The standard InChI is InChI=1S/C14H23N/c1-5-9-14(10-6-2)13(8-4)12-15-11-7-3/h7-8,11-12,14H,3-6,9-10H2,1-2H3/b13-12+,15-11-. The van der Waals surface area contributed by atoms with Crippen LogP contribution in [-0.4, -0.2) is 6.21 Å². The number of hydrogen-bond acceptors (Lipinski definition) is 1. The second kappa shape index (κ2) is 9.45. The summed E-state index contributed by atoms with van der Waals surface area (Å²) in [5.41, 5.74) is 1.25. The molecule has 0 aliphatic carbocycles. The van der Waals surface area contributed by atoms with Crippen molar-refractivity contribution in [1.29, 1.82) is 0 Å². The van der Waals surface area contributed by atoms with E-state index in [1.54, 1.807) is 12.3 Å². The van der Waals surface area contributed by atoms with E-state index in [0.717, 1.165) is 0 Å². The molecule has 0 amide bonds. The third kappa shape index (κ3) is 6.05. The van der Waals surface area contributed by atoms with Gasteiger partial charge in [0.25, 0.3) is 0 Å². The van der Waals surface area contributed by atoms with Crippen molar-refractivity contribution in [2.75, 3.05) is 0 Å². The highest BCUT2D eigenvalue weighted by Gasteiger charge is 2.09. The summed E-state index contributed by atoms with van der Waals surface area (Å²) in [6.07, 6.45) is 12.1. The molecule has 1 heteroatoms. The Kier molecular flexibility index (Phi) is 8.75. The minimum Gasteiger partial charge on any atom is -0.264 e. The average molecular weight is 205 g/mol. The molecule has 15 heavy (non-hydrogen) atoms. The van der Waals surface area contributed by atoms with Gasteiger partial charge >= 0.3 is 0 Å². The zero-order valence-electron chi connectivity index (χ0n) is 10.1. The van der Waals surface area contributed by atoms with Crippen LogP contribution in [0.15, 0.2) is 42.1 Å². The predicted molar refractivity (Wildman–Crippen MR) is 70.3 cm³/mol. The van der Waals surface area contributed by atoms with Gasteiger partial charge in [0, 0.05) is 12.4 Å². The molecule has 0 aliphatic rings. The van der Waals surface area contributed by atoms with E-state index >= 15 is 0 Å². The van der Waals surface area contributed by atoms with E-state index < -0.39 is 0 Å². The molecule has 0 spiro atoms. The SMILES string of the molecule is C=C/C=N\C=C(/C=C)C(CCC)CCC. The number of aliphatic imine (C=N–C) groups is 1. The molecule has 0 N–H and O–H groups in total. The van der Waals surface area contributed by atoms with Crippen LogP contribution in [-0.2, 0) is 0 Å². The first-order valence-electron chi connectivity index (χ1n) is 5.76. The molecule has 0 unspecified atom stereocenters. The molecule has 0 atom stereocenters. The lowest BCUT2D eigenvalue weighted by atomic mass is 9.91. The second-order valence-corrected chi connectivity index (χ2v) is 3.64. The van der Waals surface area contributed by atoms with Crippen LogP contribution >= 0.6 is 0 Å². The zero-order valence-corrected chi connectivity index (χ0v) is 10.1. The van der Waals surface area contributed by atoms with Crippen molar-refractivity contribution in [2.45, 2.75) is 39.5 Å². The van der Waals surface area contributed by atoms with Gasteiger partial charge in [0.2, 0.25) is 0 Å². The van der Waals surface area contributed by atoms with Crippen LogP contribution < -0.4 is 0 Å². The van der Waals surface area contributed by atoms with E-state index in [1.165, 1.54) is 31.3 Å². The molecule has 0 aliphatic heterocycles. The second-order valence-electron chi connectivity index (χ2n) is 3.64. The first kappa shape index (κ1) is 13.9. The van der Waals surface area contributed by atoms with Gasteiger partial charge < -0.3 is 0 Å². The summed E-state index contributed by atoms with van der Waals surface area (Å²) >= 11 is 0. The third-order valence-electron chi connectivity index (χ3n) is 2.40. The molecular weight excluding hydrogens is 182 g/mol. The lowest BCUT2D eigenvalue weighted by molar-refractivity contribution is 0.512. The normalized spacial score (nSPS) is 12.3. The fourth-order valence-electron chi connectivity index (χ4n) is 1.69. The Morgan fingerprint density at radius 3 is 2.20 bits per heavy atom. The molecule has 0 bridgehead atoms. The summed E-state index contributed by atoms with van der Waals surface area (Å²) in [5.74, 6) is 0.611. The minimum absolute atomic E-state index is 0.611. The quantitative estimate of drug-likeness (QED) is 0.408. The van der Waals surface area contributed by atoms with Crippen molar-refractivity contribution in [3.05, 3.63) is 37.1 Å². The summed E-state index contributed by atoms with van der Waals surface area (Å²) in [5, 5.41) is 0. The molecular formula is C14H23N. The molecule has 0 saturated heterocycles. The third-order valence-corrected chi connectivity index (χ3v) is 2.40. The van der Waals surface area contributed by atoms with E-state index in [4.69, 9.17) is 0 Å². The maximum absolute atomic E-state index is 4.17. The Bertz CT molecular complexity index is 230. The van der Waals surface area contributed by atoms with Crippen molar-refractivity contribution >= 4 is 6.21 Å². The van der Waals surface area contributed by atoms with E-state index in [-0.39, 0.29) is 0 Å². The largest absolute Gasteiger partial charge is 0.264 e. The van der Waals surface area contributed by atoms with E-state index in [9.17, 15) is 0 Å². The van der Waals surface area contributed by atoms with Crippen LogP contribution in [0.4, 0.5) is 0 Å². The number of allylic oxidation sites excluding steroid dienone is 3. The van der Waals surface area contributed by atoms with Crippen molar-refractivity contribution < 1.29 is 0 Å². The van der Waals surface area contributed by atoms with E-state index in [0.29, 0.717) is 5.92 Å². The summed E-state index contributed by atoms with van der Waals surface area (Å²) in [6.45, 7) is 11.9. The van der Waals surface area contributed by atoms with Crippen LogP contribution in [0.3, 0.4) is 0 Å². The van der Waals surface area contributed by atoms with Crippen LogP contribution in [0, 0.1) is 5.92 Å². The molecule has 0 heterocycles. The molecule has 0 rings (SSSR count). The van der Waals surface area contributed by atoms with Crippen molar-refractivity contribution in [1.82, 2.24) is 0 Å². The average Bonchev–Trinajstić information content (AvgIpc) is 2.24. The Labute approximate surface area is 94.3 Å². The highest BCUT2D eigenvalue weighted by Crippen LogP contribution is 2.23. The first-order valence-corrected chi connectivity index (χ1v) is 5.76. The molecule has 0 radical (unpaired) electrons. The predicted octanol–water partition coefficient (Wildman–Crippen LogP) is 4.53. The Balaban J connectivity index is 4.55. The minimum atomic E-state index is 0.611. The number of rotatable bonds is 8. The lowest BCUT2D eigenvalue weighted by Crippen LogP contribution is -2.01. The number of hydrogen-bond donors (Lipinski definition) is 0. The van der Waals surface area contributed by atoms with Gasteiger partial charge in [-0.15, -0.1) is 0 Å². The van der Waals surface area contributed by atoms with Crippen LogP contribution in [0.5, 0.6) is 0 Å². The Morgan fingerprint density at radius 2 is 1.80 bits per heavy atom. The van der Waals surface area contributed by atoms with Crippen LogP contribution in [0.2, 0.25) is 0 Å². The topological polar surface area (TPSA) is 12.4 Å². The molecule has 0 aromatic heterocycles. The molecule has 0 saturated carbocycles. The summed E-state index contributed by atoms with van der Waals surface area (Å²) in [6, 6.07) is 0.